The number of piperazine rings is 1. The maximum Gasteiger partial charge on any atom is 0.228 e. The van der Waals surface area contributed by atoms with E-state index >= 15 is 0 Å². The Kier molecular flexibility index (Phi) is 36.3. The minimum atomic E-state index is 0.00278. The summed E-state index contributed by atoms with van der Waals surface area (Å²) in [6, 6.07) is 23.8. The average molecular weight is 1240 g/mol. The maximum absolute atomic E-state index is 13.4. The third-order valence-corrected chi connectivity index (χ3v) is 15.3. The van der Waals surface area contributed by atoms with E-state index in [1.807, 2.05) is 85.6 Å². The lowest BCUT2D eigenvalue weighted by atomic mass is 10.0. The lowest BCUT2D eigenvalue weighted by Crippen LogP contribution is -2.47. The van der Waals surface area contributed by atoms with Crippen molar-refractivity contribution in [1.29, 1.82) is 0 Å². The standard InChI is InChI=1S/C45H65ClN6O6.C11H16N4O2S.C9H13NO/c1-36(39-11-13-40(46)14-12-39)52(35-38-6-7-38)45(53)21-10-37-8-17-43(18-9-37)57-26-5-4-24-51(3)25-29-56-31-30-54-27-22-42(50-47)34-49-23-28-55-32-33-58-44-19-15-41(48-2)16-20-44;1-14-2-4-15(5-3-14)10(17)6-9-7-18-11(13-9)12-8-16;1-4-6-9(5-2)8(3)10-7-11/h8-9,11-20,34,36,38,48H,4-7,10,21-33,35,47H2,1-3H3;7-8H,2-6H2,1H3,(H,12,13,16);4-8H,1-2H2,3H3,(H,10,11)/b49-34?,50-42-;;9-6+. The number of unbranched alkanes of at least 4 members (excludes halogenated alkanes) is 1. The first-order valence-corrected chi connectivity index (χ1v) is 31.2. The highest BCUT2D eigenvalue weighted by Gasteiger charge is 2.30. The number of thiazole rings is 1. The summed E-state index contributed by atoms with van der Waals surface area (Å²) in [6.07, 6.45) is 14.6. The topological polar surface area (TPSA) is 227 Å². The number of hydrogen-bond donors (Lipinski definition) is 4. The van der Waals surface area contributed by atoms with Gasteiger partial charge < -0.3 is 65.1 Å². The fourth-order valence-corrected chi connectivity index (χ4v) is 9.46. The number of aromatic nitrogens is 1. The molecule has 2 heterocycles. The second kappa shape index (κ2) is 43.6. The molecule has 4 amide bonds. The predicted molar refractivity (Wildman–Crippen MR) is 352 cm³/mol. The number of allylic oxidation sites excluding steroid dienone is 2. The van der Waals surface area contributed by atoms with E-state index in [1.165, 1.54) is 24.2 Å². The molecule has 4 aromatic rings. The molecule has 20 nitrogen and oxygen atoms in total. The lowest BCUT2D eigenvalue weighted by Gasteiger charge is -2.32. The van der Waals surface area contributed by atoms with Gasteiger partial charge in [0.25, 0.3) is 0 Å². The van der Waals surface area contributed by atoms with Crippen LogP contribution in [0.1, 0.15) is 75.2 Å². The molecule has 2 fully saturated rings. The Labute approximate surface area is 525 Å². The van der Waals surface area contributed by atoms with Gasteiger partial charge in [-0.3, -0.25) is 24.2 Å². The van der Waals surface area contributed by atoms with Gasteiger partial charge in [0, 0.05) is 81.5 Å². The van der Waals surface area contributed by atoms with Gasteiger partial charge in [0.2, 0.25) is 24.6 Å². The van der Waals surface area contributed by atoms with E-state index in [-0.39, 0.29) is 23.9 Å². The van der Waals surface area contributed by atoms with Gasteiger partial charge in [-0.2, -0.15) is 5.10 Å². The number of aryl methyl sites for hydroxylation is 1. The molecule has 87 heavy (non-hydrogen) atoms. The van der Waals surface area contributed by atoms with Crippen molar-refractivity contribution in [2.75, 3.05) is 137 Å². The van der Waals surface area contributed by atoms with E-state index in [1.54, 1.807) is 23.7 Å². The van der Waals surface area contributed by atoms with Crippen LogP contribution in [0.3, 0.4) is 0 Å². The normalized spacial score (nSPS) is 14.2. The van der Waals surface area contributed by atoms with Crippen LogP contribution >= 0.6 is 22.9 Å². The van der Waals surface area contributed by atoms with Crippen molar-refractivity contribution in [3.8, 4) is 11.5 Å². The molecule has 2 aliphatic rings. The first kappa shape index (κ1) is 72.5. The number of ether oxygens (including phenoxy) is 5. The molecule has 6 rings (SSSR count). The summed E-state index contributed by atoms with van der Waals surface area (Å²) in [5.41, 5.74) is 5.64. The van der Waals surface area contributed by atoms with Crippen LogP contribution in [0.15, 0.2) is 125 Å². The van der Waals surface area contributed by atoms with Crippen LogP contribution in [0.2, 0.25) is 5.02 Å². The first-order chi connectivity index (χ1) is 42.3. The number of amides is 4. The molecule has 5 N–H and O–H groups in total. The molecule has 1 saturated heterocycles. The Morgan fingerprint density at radius 2 is 1.51 bits per heavy atom. The molecular formula is C65H94ClN11O9S. The summed E-state index contributed by atoms with van der Waals surface area (Å²) in [5.74, 6) is 8.11. The molecule has 2 atom stereocenters. The summed E-state index contributed by atoms with van der Waals surface area (Å²) < 4.78 is 28.7. The molecular weight excluding hydrogens is 1150 g/mol. The van der Waals surface area contributed by atoms with E-state index in [9.17, 15) is 19.2 Å². The number of likely N-dealkylation sites (N-methyl/N-ethyl adjacent to an activating group) is 2. The highest BCUT2D eigenvalue weighted by atomic mass is 35.5. The van der Waals surface area contributed by atoms with Gasteiger partial charge in [-0.15, -0.1) is 11.3 Å². The molecule has 3 aromatic carbocycles. The number of carbonyl (C=O) groups is 4. The molecule has 0 bridgehead atoms. The van der Waals surface area contributed by atoms with Crippen molar-refractivity contribution in [2.24, 2.45) is 21.9 Å². The fourth-order valence-electron chi connectivity index (χ4n) is 8.67. The van der Waals surface area contributed by atoms with Crippen LogP contribution in [0.25, 0.3) is 0 Å². The highest BCUT2D eigenvalue weighted by Crippen LogP contribution is 2.34. The summed E-state index contributed by atoms with van der Waals surface area (Å²) in [4.78, 5) is 62.6. The van der Waals surface area contributed by atoms with Crippen LogP contribution < -0.4 is 31.3 Å². The number of nitrogens with zero attached hydrogens (tertiary/aromatic N) is 7. The number of nitrogens with one attached hydrogen (secondary N) is 3. The zero-order valence-electron chi connectivity index (χ0n) is 51.8. The van der Waals surface area contributed by atoms with Crippen LogP contribution in [-0.2, 0) is 46.2 Å². The van der Waals surface area contributed by atoms with Gasteiger partial charge in [-0.05, 0) is 138 Å². The minimum Gasteiger partial charge on any atom is -0.494 e. The van der Waals surface area contributed by atoms with Crippen LogP contribution in [0.5, 0.6) is 11.5 Å². The van der Waals surface area contributed by atoms with Crippen LogP contribution in [-0.4, -0.2) is 194 Å². The Morgan fingerprint density at radius 3 is 2.15 bits per heavy atom. The Morgan fingerprint density at radius 1 is 0.839 bits per heavy atom. The summed E-state index contributed by atoms with van der Waals surface area (Å²) >= 11 is 7.43. The monoisotopic (exact) mass is 1240 g/mol. The quantitative estimate of drug-likeness (QED) is 0.00816. The average Bonchev–Trinajstić information content (AvgIpc) is 4.15. The molecule has 1 saturated carbocycles. The number of nitrogens with two attached hydrogens (primary N) is 1. The lowest BCUT2D eigenvalue weighted by molar-refractivity contribution is -0.134. The van der Waals surface area contributed by atoms with E-state index < -0.39 is 0 Å². The predicted octanol–water partition coefficient (Wildman–Crippen LogP) is 8.76. The first-order valence-electron chi connectivity index (χ1n) is 29.9. The van der Waals surface area contributed by atoms with Crippen molar-refractivity contribution in [2.45, 2.75) is 77.3 Å². The molecule has 1 aromatic heterocycles. The zero-order chi connectivity index (χ0) is 62.9. The van der Waals surface area contributed by atoms with E-state index in [2.05, 4.69) is 92.0 Å². The number of anilines is 2. The van der Waals surface area contributed by atoms with Gasteiger partial charge in [0.1, 0.15) is 18.1 Å². The summed E-state index contributed by atoms with van der Waals surface area (Å²) in [5, 5.41) is 15.0. The van der Waals surface area contributed by atoms with Gasteiger partial charge in [0.05, 0.1) is 82.7 Å². The Balaban J connectivity index is 0.000000452. The third-order valence-electron chi connectivity index (χ3n) is 14.2. The molecule has 0 spiro atoms. The van der Waals surface area contributed by atoms with Crippen molar-refractivity contribution in [3.05, 3.63) is 137 Å². The van der Waals surface area contributed by atoms with Crippen molar-refractivity contribution in [3.63, 3.8) is 0 Å². The zero-order valence-corrected chi connectivity index (χ0v) is 53.3. The van der Waals surface area contributed by atoms with Gasteiger partial charge in [0.15, 0.2) is 5.13 Å². The number of hydrogen-bond acceptors (Lipinski definition) is 17. The molecule has 22 heteroatoms. The van der Waals surface area contributed by atoms with Gasteiger partial charge in [-0.25, -0.2) is 4.98 Å². The van der Waals surface area contributed by atoms with Crippen LogP contribution in [0, 0.1) is 5.92 Å². The molecule has 0 radical (unpaired) electrons. The van der Waals surface area contributed by atoms with Gasteiger partial charge >= 0.3 is 0 Å². The van der Waals surface area contributed by atoms with E-state index in [4.69, 9.17) is 41.1 Å². The minimum absolute atomic E-state index is 0.00278. The van der Waals surface area contributed by atoms with Crippen molar-refractivity contribution < 1.29 is 42.9 Å². The Bertz CT molecular complexity index is 2680. The summed E-state index contributed by atoms with van der Waals surface area (Å²) in [7, 11) is 6.04. The molecule has 1 aliphatic heterocycles. The number of carbonyl (C=O) groups excluding carboxylic acids is 4. The fraction of sp³-hybridized carbons (Fsp3) is 0.492. The second-order valence-electron chi connectivity index (χ2n) is 21.0. The largest absolute Gasteiger partial charge is 0.494 e. The number of rotatable bonds is 40. The molecule has 476 valence electrons. The van der Waals surface area contributed by atoms with Gasteiger partial charge in [-0.1, -0.05) is 67.3 Å². The van der Waals surface area contributed by atoms with E-state index in [0.29, 0.717) is 125 Å². The van der Waals surface area contributed by atoms with E-state index in [0.717, 1.165) is 92.5 Å². The van der Waals surface area contributed by atoms with Crippen LogP contribution in [0.4, 0.5) is 10.8 Å². The number of aliphatic imine (C=N–C) groups is 1. The second-order valence-corrected chi connectivity index (χ2v) is 22.3. The third kappa shape index (κ3) is 31.0. The molecule has 2 unspecified atom stereocenters. The molecule has 1 aliphatic carbocycles. The van der Waals surface area contributed by atoms with Crippen molar-refractivity contribution in [1.82, 2.24) is 29.9 Å². The number of halogens is 1. The smallest absolute Gasteiger partial charge is 0.228 e. The SMILES string of the molecule is C=C/C=C(\C=C)C(C)NC=O.CN1CCN(C(=O)Cc2csc(NC=O)n2)CC1.CNc1ccc(OCCOCCN=C/C(CCOCCOCCN(C)CCCCOc2ccc(CCC(=O)N(CC3CC3)C(C)c3ccc(Cl)cc3)cc2)=N\N)cc1. The maximum atomic E-state index is 13.4. The highest BCUT2D eigenvalue weighted by molar-refractivity contribution is 7.13. The number of benzene rings is 3. The van der Waals surface area contributed by atoms with Crippen molar-refractivity contribution >= 4 is 70.3 Å². The Hall–Kier alpha value is -6.98. The summed E-state index contributed by atoms with van der Waals surface area (Å²) in [6.45, 7) is 22.0. The number of hydrazone groups is 1.